The van der Waals surface area contributed by atoms with Crippen LogP contribution >= 0.6 is 0 Å². The fraction of sp³-hybridized carbons (Fsp3) is 0.700. The molecule has 1 rings (SSSR count). The first-order valence-corrected chi connectivity index (χ1v) is 8.62. The lowest BCUT2D eigenvalue weighted by Crippen LogP contribution is -2.19. The molecule has 0 aromatic rings. The molecule has 1 aliphatic carbocycles. The molecule has 1 atom stereocenters. The van der Waals surface area contributed by atoms with Crippen LogP contribution in [-0.2, 0) is 0 Å². The van der Waals surface area contributed by atoms with Gasteiger partial charge in [0, 0.05) is 0 Å². The zero-order valence-electron chi connectivity index (χ0n) is 14.8. The third kappa shape index (κ3) is 6.22. The maximum atomic E-state index is 5.60. The van der Waals surface area contributed by atoms with E-state index >= 15 is 0 Å². The van der Waals surface area contributed by atoms with Gasteiger partial charge in [-0.1, -0.05) is 50.1 Å². The Balaban J connectivity index is 2.58. The highest BCUT2D eigenvalue weighted by Gasteiger charge is 2.26. The van der Waals surface area contributed by atoms with E-state index in [9.17, 15) is 0 Å². The van der Waals surface area contributed by atoms with Crippen molar-refractivity contribution in [2.75, 3.05) is 6.54 Å². The fourth-order valence-corrected chi connectivity index (χ4v) is 3.32. The molecule has 0 aliphatic heterocycles. The molecule has 0 fully saturated rings. The van der Waals surface area contributed by atoms with Crippen molar-refractivity contribution in [1.29, 1.82) is 0 Å². The van der Waals surface area contributed by atoms with Crippen LogP contribution in [0.25, 0.3) is 0 Å². The maximum absolute atomic E-state index is 5.60. The molecule has 2 N–H and O–H groups in total. The summed E-state index contributed by atoms with van der Waals surface area (Å²) in [4.78, 5) is 0. The van der Waals surface area contributed by atoms with Gasteiger partial charge in [-0.3, -0.25) is 0 Å². The van der Waals surface area contributed by atoms with Gasteiger partial charge in [-0.25, -0.2) is 0 Å². The summed E-state index contributed by atoms with van der Waals surface area (Å²) >= 11 is 0. The maximum Gasteiger partial charge on any atom is -0.00747 e. The van der Waals surface area contributed by atoms with Gasteiger partial charge in [0.05, 0.1) is 0 Å². The van der Waals surface area contributed by atoms with Crippen molar-refractivity contribution < 1.29 is 0 Å². The Morgan fingerprint density at radius 2 is 2.05 bits per heavy atom. The summed E-state index contributed by atoms with van der Waals surface area (Å²) in [7, 11) is 0. The van der Waals surface area contributed by atoms with E-state index in [0.29, 0.717) is 5.41 Å². The molecule has 0 spiro atoms. The Kier molecular flexibility index (Phi) is 7.45. The smallest absolute Gasteiger partial charge is 0.00747 e. The summed E-state index contributed by atoms with van der Waals surface area (Å²) in [6.07, 6.45) is 14.5. The lowest BCUT2D eigenvalue weighted by Gasteiger charge is -2.32. The van der Waals surface area contributed by atoms with Crippen LogP contribution in [0.5, 0.6) is 0 Å². The fourth-order valence-electron chi connectivity index (χ4n) is 3.32. The molecule has 0 heterocycles. The molecule has 1 aliphatic rings. The van der Waals surface area contributed by atoms with E-state index < -0.39 is 0 Å². The SMILES string of the molecule is CC1=C(/C=C/C(C)=C/CC[C@@H](C)CCN)C(C)(C)CCC1. The van der Waals surface area contributed by atoms with Crippen LogP contribution in [0, 0.1) is 11.3 Å². The first-order chi connectivity index (χ1) is 9.86. The summed E-state index contributed by atoms with van der Waals surface area (Å²) in [6, 6.07) is 0. The highest BCUT2D eigenvalue weighted by Crippen LogP contribution is 2.40. The average Bonchev–Trinajstić information content (AvgIpc) is 2.37. The second-order valence-corrected chi connectivity index (χ2v) is 7.47. The minimum absolute atomic E-state index is 0.342. The van der Waals surface area contributed by atoms with Crippen molar-refractivity contribution in [1.82, 2.24) is 0 Å². The summed E-state index contributed by atoms with van der Waals surface area (Å²) < 4.78 is 0. The number of rotatable bonds is 7. The Bertz CT molecular complexity index is 410. The number of hydrogen-bond donors (Lipinski definition) is 1. The molecule has 0 radical (unpaired) electrons. The van der Waals surface area contributed by atoms with E-state index in [1.54, 1.807) is 11.1 Å². The monoisotopic (exact) mass is 289 g/mol. The Morgan fingerprint density at radius 1 is 1.33 bits per heavy atom. The van der Waals surface area contributed by atoms with Crippen molar-refractivity contribution in [3.8, 4) is 0 Å². The van der Waals surface area contributed by atoms with Crippen LogP contribution in [0.2, 0.25) is 0 Å². The van der Waals surface area contributed by atoms with Crippen LogP contribution in [-0.4, -0.2) is 6.54 Å². The molecule has 1 nitrogen and oxygen atoms in total. The van der Waals surface area contributed by atoms with Gasteiger partial charge in [0.2, 0.25) is 0 Å². The van der Waals surface area contributed by atoms with Crippen LogP contribution in [0.1, 0.15) is 73.1 Å². The van der Waals surface area contributed by atoms with Crippen molar-refractivity contribution >= 4 is 0 Å². The molecule has 0 aromatic heterocycles. The van der Waals surface area contributed by atoms with Gasteiger partial charge in [-0.2, -0.15) is 0 Å². The molecule has 0 saturated carbocycles. The van der Waals surface area contributed by atoms with Gasteiger partial charge in [-0.15, -0.1) is 0 Å². The highest BCUT2D eigenvalue weighted by atomic mass is 14.5. The molecular formula is C20H35N. The van der Waals surface area contributed by atoms with Crippen LogP contribution < -0.4 is 5.73 Å². The minimum atomic E-state index is 0.342. The predicted molar refractivity (Wildman–Crippen MR) is 95.3 cm³/mol. The number of hydrogen-bond acceptors (Lipinski definition) is 1. The third-order valence-corrected chi connectivity index (χ3v) is 4.84. The zero-order chi connectivity index (χ0) is 15.9. The number of nitrogens with two attached hydrogens (primary N) is 1. The number of allylic oxidation sites excluding steroid dienone is 6. The van der Waals surface area contributed by atoms with Gasteiger partial charge in [-0.05, 0) is 75.8 Å². The molecule has 120 valence electrons. The summed E-state index contributed by atoms with van der Waals surface area (Å²) in [5.74, 6) is 0.741. The minimum Gasteiger partial charge on any atom is -0.330 e. The van der Waals surface area contributed by atoms with Crippen molar-refractivity contribution in [2.24, 2.45) is 17.1 Å². The first-order valence-electron chi connectivity index (χ1n) is 8.62. The van der Waals surface area contributed by atoms with Gasteiger partial charge in [0.15, 0.2) is 0 Å². The summed E-state index contributed by atoms with van der Waals surface area (Å²) in [5, 5.41) is 0. The van der Waals surface area contributed by atoms with Gasteiger partial charge >= 0.3 is 0 Å². The van der Waals surface area contributed by atoms with Crippen LogP contribution in [0.3, 0.4) is 0 Å². The van der Waals surface area contributed by atoms with Gasteiger partial charge in [0.25, 0.3) is 0 Å². The quantitative estimate of drug-likeness (QED) is 0.591. The molecule has 1 heteroatoms. The van der Waals surface area contributed by atoms with E-state index in [0.717, 1.165) is 18.9 Å². The molecule has 0 amide bonds. The summed E-state index contributed by atoms with van der Waals surface area (Å²) in [6.45, 7) is 12.4. The largest absolute Gasteiger partial charge is 0.330 e. The summed E-state index contributed by atoms with van der Waals surface area (Å²) in [5.41, 5.74) is 10.5. The molecule has 0 aromatic carbocycles. The second kappa shape index (κ2) is 8.58. The van der Waals surface area contributed by atoms with Gasteiger partial charge in [0.1, 0.15) is 0 Å². The van der Waals surface area contributed by atoms with Gasteiger partial charge < -0.3 is 5.73 Å². The molecule has 0 bridgehead atoms. The lowest BCUT2D eigenvalue weighted by atomic mass is 9.72. The Hall–Kier alpha value is -0.820. The highest BCUT2D eigenvalue weighted by molar-refractivity contribution is 5.35. The second-order valence-electron chi connectivity index (χ2n) is 7.47. The van der Waals surface area contributed by atoms with Crippen LogP contribution in [0.4, 0.5) is 0 Å². The first kappa shape index (κ1) is 18.2. The zero-order valence-corrected chi connectivity index (χ0v) is 14.8. The van der Waals surface area contributed by atoms with E-state index in [-0.39, 0.29) is 0 Å². The van der Waals surface area contributed by atoms with E-state index in [1.807, 2.05) is 0 Å². The average molecular weight is 290 g/mol. The van der Waals surface area contributed by atoms with E-state index in [4.69, 9.17) is 5.73 Å². The van der Waals surface area contributed by atoms with Crippen LogP contribution in [0.15, 0.2) is 34.9 Å². The van der Waals surface area contributed by atoms with Crippen molar-refractivity contribution in [2.45, 2.75) is 73.1 Å². The molecule has 0 unspecified atom stereocenters. The molecule has 0 saturated heterocycles. The van der Waals surface area contributed by atoms with Crippen molar-refractivity contribution in [3.05, 3.63) is 34.9 Å². The third-order valence-electron chi connectivity index (χ3n) is 4.84. The van der Waals surface area contributed by atoms with Crippen molar-refractivity contribution in [3.63, 3.8) is 0 Å². The Morgan fingerprint density at radius 3 is 2.67 bits per heavy atom. The predicted octanol–water partition coefficient (Wildman–Crippen LogP) is 5.78. The molecule has 21 heavy (non-hydrogen) atoms. The lowest BCUT2D eigenvalue weighted by molar-refractivity contribution is 0.377. The topological polar surface area (TPSA) is 26.0 Å². The van der Waals surface area contributed by atoms with E-state index in [2.05, 4.69) is 52.8 Å². The van der Waals surface area contributed by atoms with E-state index in [1.165, 1.54) is 37.7 Å². The normalized spacial score (nSPS) is 21.1. The molecular weight excluding hydrogens is 254 g/mol. The standard InChI is InChI=1S/C20H35N/c1-16(8-6-9-17(2)13-15-21)11-12-19-18(3)10-7-14-20(19,4)5/h8,11-12,17H,6-7,9-10,13-15,21H2,1-5H3/b12-11+,16-8+/t17-/m1/s1. The Labute approximate surface area is 132 Å².